The van der Waals surface area contributed by atoms with Gasteiger partial charge in [-0.15, -0.1) is 0 Å². The first-order chi connectivity index (χ1) is 8.52. The third-order valence-corrected chi connectivity index (χ3v) is 2.12. The molecule has 0 fully saturated rings. The number of carbonyl (C=O) groups is 2. The summed E-state index contributed by atoms with van der Waals surface area (Å²) in [5.74, 6) is -0.512. The van der Waals surface area contributed by atoms with Crippen LogP contribution in [0.2, 0.25) is 0 Å². The zero-order valence-electron chi connectivity index (χ0n) is 10.9. The topological polar surface area (TPSA) is 58.6 Å². The lowest BCUT2D eigenvalue weighted by molar-refractivity contribution is -0.116. The first-order valence-electron chi connectivity index (χ1n) is 5.74. The molecular formula is C13H18N2O3. The smallest absolute Gasteiger partial charge is 0.338 e. The lowest BCUT2D eigenvalue weighted by Crippen LogP contribution is -2.27. The van der Waals surface area contributed by atoms with Gasteiger partial charge in [0.05, 0.1) is 18.7 Å². The first-order valence-corrected chi connectivity index (χ1v) is 5.74. The highest BCUT2D eigenvalue weighted by Gasteiger charge is 2.08. The van der Waals surface area contributed by atoms with Gasteiger partial charge in [-0.05, 0) is 39.2 Å². The molecule has 0 spiro atoms. The summed E-state index contributed by atoms with van der Waals surface area (Å²) in [6.07, 6.45) is 0. The summed E-state index contributed by atoms with van der Waals surface area (Å²) in [6, 6.07) is 6.69. The zero-order valence-corrected chi connectivity index (χ0v) is 10.9. The molecule has 0 aliphatic rings. The number of likely N-dealkylation sites (N-methyl/N-ethyl adjacent to an activating group) is 1. The second-order valence-electron chi connectivity index (χ2n) is 4.09. The van der Waals surface area contributed by atoms with E-state index in [1.165, 1.54) is 0 Å². The number of ether oxygens (including phenoxy) is 1. The molecule has 0 atom stereocenters. The number of esters is 1. The number of amides is 1. The van der Waals surface area contributed by atoms with Crippen LogP contribution < -0.4 is 5.32 Å². The van der Waals surface area contributed by atoms with E-state index in [4.69, 9.17) is 4.74 Å². The number of benzene rings is 1. The van der Waals surface area contributed by atoms with Crippen molar-refractivity contribution in [2.45, 2.75) is 6.92 Å². The molecule has 1 rings (SSSR count). The largest absolute Gasteiger partial charge is 0.462 e. The van der Waals surface area contributed by atoms with Crippen molar-refractivity contribution in [2.24, 2.45) is 0 Å². The predicted octanol–water partition coefficient (Wildman–Crippen LogP) is 1.36. The van der Waals surface area contributed by atoms with Crippen LogP contribution in [0.5, 0.6) is 0 Å². The van der Waals surface area contributed by atoms with E-state index >= 15 is 0 Å². The molecule has 0 unspecified atom stereocenters. The molecule has 0 bridgehead atoms. The molecule has 0 radical (unpaired) electrons. The van der Waals surface area contributed by atoms with E-state index in [9.17, 15) is 9.59 Å². The van der Waals surface area contributed by atoms with Crippen molar-refractivity contribution >= 4 is 17.6 Å². The number of anilines is 1. The summed E-state index contributed by atoms with van der Waals surface area (Å²) in [7, 11) is 3.63. The van der Waals surface area contributed by atoms with Gasteiger partial charge in [-0.2, -0.15) is 0 Å². The minimum absolute atomic E-state index is 0.124. The molecule has 98 valence electrons. The van der Waals surface area contributed by atoms with Crippen LogP contribution in [0.15, 0.2) is 24.3 Å². The lowest BCUT2D eigenvalue weighted by atomic mass is 10.2. The fourth-order valence-electron chi connectivity index (χ4n) is 1.43. The average Bonchev–Trinajstić information content (AvgIpc) is 2.28. The average molecular weight is 250 g/mol. The summed E-state index contributed by atoms with van der Waals surface area (Å²) in [5.41, 5.74) is 1.02. The number of rotatable bonds is 5. The Balaban J connectivity index is 2.70. The molecule has 5 heteroatoms. The molecule has 1 amide bonds. The van der Waals surface area contributed by atoms with E-state index < -0.39 is 0 Å². The van der Waals surface area contributed by atoms with Crippen molar-refractivity contribution in [2.75, 3.05) is 32.6 Å². The van der Waals surface area contributed by atoms with Crippen molar-refractivity contribution in [3.8, 4) is 0 Å². The summed E-state index contributed by atoms with van der Waals surface area (Å²) in [6.45, 7) is 2.38. The van der Waals surface area contributed by atoms with E-state index in [0.29, 0.717) is 24.4 Å². The van der Waals surface area contributed by atoms with Crippen LogP contribution in [0.4, 0.5) is 5.69 Å². The van der Waals surface area contributed by atoms with Crippen molar-refractivity contribution in [1.29, 1.82) is 0 Å². The molecular weight excluding hydrogens is 232 g/mol. The number of nitrogens with zero attached hydrogens (tertiary/aromatic N) is 1. The molecule has 0 aromatic heterocycles. The number of carbonyl (C=O) groups excluding carboxylic acids is 2. The second-order valence-corrected chi connectivity index (χ2v) is 4.09. The lowest BCUT2D eigenvalue weighted by Gasteiger charge is -2.10. The summed E-state index contributed by atoms with van der Waals surface area (Å²) in [5, 5.41) is 2.72. The fourth-order valence-corrected chi connectivity index (χ4v) is 1.43. The Hall–Kier alpha value is -1.88. The highest BCUT2D eigenvalue weighted by molar-refractivity contribution is 5.95. The maximum atomic E-state index is 11.6. The molecule has 1 aromatic carbocycles. The molecule has 1 N–H and O–H groups in total. The number of hydrogen-bond acceptors (Lipinski definition) is 4. The Labute approximate surface area is 107 Å². The van der Waals surface area contributed by atoms with Gasteiger partial charge in [-0.3, -0.25) is 4.79 Å². The second kappa shape index (κ2) is 6.76. The Bertz CT molecular complexity index is 430. The minimum atomic E-state index is -0.388. The molecule has 0 saturated carbocycles. The fraction of sp³-hybridized carbons (Fsp3) is 0.385. The summed E-state index contributed by atoms with van der Waals surface area (Å²) in [4.78, 5) is 24.8. The van der Waals surface area contributed by atoms with Crippen LogP contribution in [0.1, 0.15) is 17.3 Å². The molecule has 5 nitrogen and oxygen atoms in total. The summed E-state index contributed by atoms with van der Waals surface area (Å²) < 4.78 is 4.89. The van der Waals surface area contributed by atoms with Gasteiger partial charge >= 0.3 is 5.97 Å². The standard InChI is InChI=1S/C13H18N2O3/c1-4-18-13(17)10-6-5-7-11(8-10)14-12(16)9-15(2)3/h5-8H,4,9H2,1-3H3,(H,14,16). The normalized spacial score (nSPS) is 10.2. The van der Waals surface area contributed by atoms with E-state index in [-0.39, 0.29) is 11.9 Å². The molecule has 0 aliphatic heterocycles. The van der Waals surface area contributed by atoms with Crippen molar-refractivity contribution in [3.63, 3.8) is 0 Å². The van der Waals surface area contributed by atoms with E-state index in [0.717, 1.165) is 0 Å². The predicted molar refractivity (Wildman–Crippen MR) is 69.6 cm³/mol. The molecule has 0 heterocycles. The SMILES string of the molecule is CCOC(=O)c1cccc(NC(=O)CN(C)C)c1. The maximum absolute atomic E-state index is 11.6. The van der Waals surface area contributed by atoms with Crippen LogP contribution in [0, 0.1) is 0 Å². The Morgan fingerprint density at radius 3 is 2.67 bits per heavy atom. The molecule has 0 aliphatic carbocycles. The first kappa shape index (κ1) is 14.2. The monoisotopic (exact) mass is 250 g/mol. The molecule has 0 saturated heterocycles. The van der Waals surface area contributed by atoms with Crippen LogP contribution in [0.3, 0.4) is 0 Å². The number of hydrogen-bond donors (Lipinski definition) is 1. The van der Waals surface area contributed by atoms with Crippen LogP contribution in [-0.4, -0.2) is 44.0 Å². The van der Waals surface area contributed by atoms with Crippen LogP contribution in [0.25, 0.3) is 0 Å². The van der Waals surface area contributed by atoms with Gasteiger partial charge in [0.15, 0.2) is 0 Å². The van der Waals surface area contributed by atoms with Gasteiger partial charge in [-0.25, -0.2) is 4.79 Å². The van der Waals surface area contributed by atoms with Crippen molar-refractivity contribution in [1.82, 2.24) is 4.90 Å². The van der Waals surface area contributed by atoms with Crippen LogP contribution >= 0.6 is 0 Å². The van der Waals surface area contributed by atoms with Crippen molar-refractivity contribution in [3.05, 3.63) is 29.8 Å². The van der Waals surface area contributed by atoms with Gasteiger partial charge in [0.2, 0.25) is 5.91 Å². The van der Waals surface area contributed by atoms with E-state index in [2.05, 4.69) is 5.32 Å². The van der Waals surface area contributed by atoms with Crippen LogP contribution in [-0.2, 0) is 9.53 Å². The highest BCUT2D eigenvalue weighted by atomic mass is 16.5. The van der Waals surface area contributed by atoms with Gasteiger partial charge in [0, 0.05) is 5.69 Å². The van der Waals surface area contributed by atoms with Gasteiger partial charge in [0.1, 0.15) is 0 Å². The van der Waals surface area contributed by atoms with E-state index in [1.807, 2.05) is 14.1 Å². The third kappa shape index (κ3) is 4.55. The zero-order chi connectivity index (χ0) is 13.5. The Morgan fingerprint density at radius 2 is 2.06 bits per heavy atom. The van der Waals surface area contributed by atoms with Gasteiger partial charge in [0.25, 0.3) is 0 Å². The Morgan fingerprint density at radius 1 is 1.33 bits per heavy atom. The summed E-state index contributed by atoms with van der Waals surface area (Å²) >= 11 is 0. The molecule has 1 aromatic rings. The maximum Gasteiger partial charge on any atom is 0.338 e. The third-order valence-electron chi connectivity index (χ3n) is 2.12. The van der Waals surface area contributed by atoms with Gasteiger partial charge in [-0.1, -0.05) is 6.07 Å². The number of nitrogens with one attached hydrogen (secondary N) is 1. The Kier molecular flexibility index (Phi) is 5.32. The van der Waals surface area contributed by atoms with E-state index in [1.54, 1.807) is 36.1 Å². The molecule has 18 heavy (non-hydrogen) atoms. The van der Waals surface area contributed by atoms with Crippen molar-refractivity contribution < 1.29 is 14.3 Å². The minimum Gasteiger partial charge on any atom is -0.462 e. The van der Waals surface area contributed by atoms with Gasteiger partial charge < -0.3 is 15.0 Å². The quantitative estimate of drug-likeness (QED) is 0.802. The highest BCUT2D eigenvalue weighted by Crippen LogP contribution is 2.11.